The summed E-state index contributed by atoms with van der Waals surface area (Å²) in [5, 5.41) is 0.0447. The summed E-state index contributed by atoms with van der Waals surface area (Å²) < 4.78 is 33.8. The van der Waals surface area contributed by atoms with Gasteiger partial charge in [-0.1, -0.05) is 0 Å². The number of sulfonamides is 1. The average molecular weight is 383 g/mol. The Kier molecular flexibility index (Phi) is 5.51. The van der Waals surface area contributed by atoms with Crippen LogP contribution in [-0.4, -0.2) is 67.2 Å². The molecule has 0 aliphatic carbocycles. The molecule has 0 saturated carbocycles. The van der Waals surface area contributed by atoms with Crippen molar-refractivity contribution in [3.8, 4) is 0 Å². The lowest BCUT2D eigenvalue weighted by Gasteiger charge is -2.26. The smallest absolute Gasteiger partial charge is 0.329 e. The van der Waals surface area contributed by atoms with Gasteiger partial charge in [-0.3, -0.25) is 19.2 Å². The van der Waals surface area contributed by atoms with Crippen molar-refractivity contribution in [2.45, 2.75) is 11.3 Å². The third kappa shape index (κ3) is 4.01. The van der Waals surface area contributed by atoms with E-state index in [1.54, 1.807) is 0 Å². The first kappa shape index (κ1) is 18.7. The van der Waals surface area contributed by atoms with Gasteiger partial charge in [0.2, 0.25) is 10.0 Å². The normalized spacial score (nSPS) is 16.2. The summed E-state index contributed by atoms with van der Waals surface area (Å²) in [6.45, 7) is 4.16. The molecular weight excluding hydrogens is 362 g/mol. The molecule has 2 aromatic rings. The van der Waals surface area contributed by atoms with Gasteiger partial charge >= 0.3 is 5.69 Å². The molecule has 1 aliphatic rings. The molecular formula is C15H21N5O5S. The van der Waals surface area contributed by atoms with Crippen molar-refractivity contribution in [3.05, 3.63) is 33.1 Å². The predicted molar refractivity (Wildman–Crippen MR) is 94.7 cm³/mol. The Hall–Kier alpha value is -2.08. The van der Waals surface area contributed by atoms with Crippen molar-refractivity contribution >= 4 is 21.1 Å². The molecule has 0 unspecified atom stereocenters. The molecule has 3 rings (SSSR count). The van der Waals surface area contributed by atoms with E-state index in [1.807, 2.05) is 0 Å². The number of H-pyrrole nitrogens is 1. The maximum absolute atomic E-state index is 12.4. The summed E-state index contributed by atoms with van der Waals surface area (Å²) in [6, 6.07) is 1.23. The van der Waals surface area contributed by atoms with E-state index < -0.39 is 21.3 Å². The summed E-state index contributed by atoms with van der Waals surface area (Å²) in [6.07, 6.45) is 1.81. The Morgan fingerprint density at radius 2 is 2.04 bits per heavy atom. The zero-order valence-electron chi connectivity index (χ0n) is 14.4. The molecule has 0 bridgehead atoms. The molecule has 0 atom stereocenters. The SMILES string of the molecule is Cn1c(=O)[nH]c(=O)c2cc(S(=O)(=O)NCCCN3CCOCC3)cnc21. The van der Waals surface area contributed by atoms with Gasteiger partial charge in [0.15, 0.2) is 0 Å². The molecule has 0 spiro atoms. The molecule has 1 fully saturated rings. The van der Waals surface area contributed by atoms with Crippen molar-refractivity contribution in [3.63, 3.8) is 0 Å². The number of nitrogens with one attached hydrogen (secondary N) is 2. The van der Waals surface area contributed by atoms with Crippen molar-refractivity contribution in [1.29, 1.82) is 0 Å². The number of morpholine rings is 1. The fourth-order valence-electron chi connectivity index (χ4n) is 2.78. The summed E-state index contributed by atoms with van der Waals surface area (Å²) in [4.78, 5) is 31.7. The summed E-state index contributed by atoms with van der Waals surface area (Å²) >= 11 is 0. The minimum Gasteiger partial charge on any atom is -0.379 e. The number of hydrogen-bond donors (Lipinski definition) is 2. The van der Waals surface area contributed by atoms with Crippen molar-refractivity contribution < 1.29 is 13.2 Å². The van der Waals surface area contributed by atoms with Gasteiger partial charge in [0.1, 0.15) is 10.5 Å². The highest BCUT2D eigenvalue weighted by molar-refractivity contribution is 7.89. The number of aryl methyl sites for hydroxylation is 1. The number of pyridine rings is 1. The van der Waals surface area contributed by atoms with Crippen molar-refractivity contribution in [2.24, 2.45) is 7.05 Å². The zero-order chi connectivity index (χ0) is 18.7. The first-order chi connectivity index (χ1) is 12.4. The van der Waals surface area contributed by atoms with Crippen LogP contribution in [0.25, 0.3) is 11.0 Å². The van der Waals surface area contributed by atoms with Gasteiger partial charge in [-0.05, 0) is 19.0 Å². The molecule has 26 heavy (non-hydrogen) atoms. The van der Waals surface area contributed by atoms with Crippen LogP contribution in [0.15, 0.2) is 26.7 Å². The molecule has 11 heteroatoms. The van der Waals surface area contributed by atoms with Crippen LogP contribution < -0.4 is 16.0 Å². The Bertz CT molecular complexity index is 1010. The topological polar surface area (TPSA) is 126 Å². The fourth-order valence-corrected chi connectivity index (χ4v) is 3.83. The van der Waals surface area contributed by atoms with Crippen LogP contribution >= 0.6 is 0 Å². The van der Waals surface area contributed by atoms with Crippen LogP contribution in [-0.2, 0) is 21.8 Å². The first-order valence-corrected chi connectivity index (χ1v) is 9.75. The second-order valence-corrected chi connectivity index (χ2v) is 7.83. The number of fused-ring (bicyclic) bond motifs is 1. The van der Waals surface area contributed by atoms with Gasteiger partial charge in [-0.25, -0.2) is 22.9 Å². The molecule has 0 radical (unpaired) electrons. The Morgan fingerprint density at radius 3 is 2.77 bits per heavy atom. The minimum atomic E-state index is -3.79. The zero-order valence-corrected chi connectivity index (χ0v) is 15.2. The number of aromatic amines is 1. The van der Waals surface area contributed by atoms with Gasteiger partial charge in [-0.15, -0.1) is 0 Å². The third-order valence-corrected chi connectivity index (χ3v) is 5.71. The average Bonchev–Trinajstić information content (AvgIpc) is 2.64. The number of nitrogens with zero attached hydrogens (tertiary/aromatic N) is 3. The molecule has 0 amide bonds. The molecule has 3 heterocycles. The molecule has 2 N–H and O–H groups in total. The van der Waals surface area contributed by atoms with E-state index in [9.17, 15) is 18.0 Å². The van der Waals surface area contributed by atoms with Crippen LogP contribution in [0, 0.1) is 0 Å². The molecule has 1 saturated heterocycles. The summed E-state index contributed by atoms with van der Waals surface area (Å²) in [5.74, 6) is 0. The van der Waals surface area contributed by atoms with E-state index in [0.29, 0.717) is 19.6 Å². The Balaban J connectivity index is 1.70. The van der Waals surface area contributed by atoms with Gasteiger partial charge in [-0.2, -0.15) is 0 Å². The van der Waals surface area contributed by atoms with Gasteiger partial charge in [0.25, 0.3) is 5.56 Å². The van der Waals surface area contributed by atoms with Crippen molar-refractivity contribution in [2.75, 3.05) is 39.4 Å². The van der Waals surface area contributed by atoms with E-state index in [-0.39, 0.29) is 22.5 Å². The van der Waals surface area contributed by atoms with Crippen LogP contribution in [0.5, 0.6) is 0 Å². The number of ether oxygens (including phenoxy) is 1. The lowest BCUT2D eigenvalue weighted by Crippen LogP contribution is -2.38. The summed E-state index contributed by atoms with van der Waals surface area (Å²) in [7, 11) is -2.34. The number of aromatic nitrogens is 3. The molecule has 142 valence electrons. The number of rotatable bonds is 6. The quantitative estimate of drug-likeness (QED) is 0.589. The first-order valence-electron chi connectivity index (χ1n) is 8.27. The van der Waals surface area contributed by atoms with Crippen LogP contribution in [0.2, 0.25) is 0 Å². The lowest BCUT2D eigenvalue weighted by molar-refractivity contribution is 0.0376. The lowest BCUT2D eigenvalue weighted by atomic mass is 10.3. The van der Waals surface area contributed by atoms with Crippen LogP contribution in [0.1, 0.15) is 6.42 Å². The highest BCUT2D eigenvalue weighted by atomic mass is 32.2. The van der Waals surface area contributed by atoms with Gasteiger partial charge < -0.3 is 4.74 Å². The van der Waals surface area contributed by atoms with Crippen LogP contribution in [0.4, 0.5) is 0 Å². The maximum Gasteiger partial charge on any atom is 0.329 e. The van der Waals surface area contributed by atoms with Gasteiger partial charge in [0, 0.05) is 32.9 Å². The highest BCUT2D eigenvalue weighted by Crippen LogP contribution is 2.12. The third-order valence-electron chi connectivity index (χ3n) is 4.29. The molecule has 2 aromatic heterocycles. The van der Waals surface area contributed by atoms with E-state index in [1.165, 1.54) is 13.1 Å². The Morgan fingerprint density at radius 1 is 1.31 bits per heavy atom. The van der Waals surface area contributed by atoms with E-state index in [2.05, 4.69) is 19.6 Å². The Labute approximate surface area is 149 Å². The summed E-state index contributed by atoms with van der Waals surface area (Å²) in [5.41, 5.74) is -1.14. The van der Waals surface area contributed by atoms with E-state index in [0.717, 1.165) is 30.4 Å². The monoisotopic (exact) mass is 383 g/mol. The van der Waals surface area contributed by atoms with Crippen molar-refractivity contribution in [1.82, 2.24) is 24.2 Å². The molecule has 1 aliphatic heterocycles. The predicted octanol–water partition coefficient (Wildman–Crippen LogP) is -1.38. The molecule has 0 aromatic carbocycles. The van der Waals surface area contributed by atoms with Gasteiger partial charge in [0.05, 0.1) is 18.6 Å². The second-order valence-electron chi connectivity index (χ2n) is 6.07. The van der Waals surface area contributed by atoms with E-state index >= 15 is 0 Å². The largest absolute Gasteiger partial charge is 0.379 e. The maximum atomic E-state index is 12.4. The standard InChI is InChI=1S/C15H21N5O5S/c1-19-13-12(14(21)18-15(19)22)9-11(10-16-13)26(23,24)17-3-2-4-20-5-7-25-8-6-20/h9-10,17H,2-8H2,1H3,(H,18,21,22). The highest BCUT2D eigenvalue weighted by Gasteiger charge is 2.17. The second kappa shape index (κ2) is 7.66. The fraction of sp³-hybridized carbons (Fsp3) is 0.533. The minimum absolute atomic E-state index is 0.0447. The van der Waals surface area contributed by atoms with Crippen LogP contribution in [0.3, 0.4) is 0 Å². The molecule has 10 nitrogen and oxygen atoms in total. The van der Waals surface area contributed by atoms with E-state index in [4.69, 9.17) is 4.74 Å². The number of hydrogen-bond acceptors (Lipinski definition) is 7.